The van der Waals surface area contributed by atoms with E-state index in [-0.39, 0.29) is 28.5 Å². The standard InChI is InChI=1S/C16H13F6NO.C14H16FNO2/c1-9-4-3-5-10(6-9)7-11-12(15(17,18)19)8-13(16(20,21)22)23(2)14(11)24;1-9-4-2-7-11(15)13(9)14(18)16-8-12(17)10-5-3-6-10/h3-6,8H,7H2,1-2H3;2,4,7,17H,3,5-6,8H2,1H3,(H,16,18). The van der Waals surface area contributed by atoms with Crippen LogP contribution in [0.3, 0.4) is 0 Å². The summed E-state index contributed by atoms with van der Waals surface area (Å²) in [6.07, 6.45) is -7.66. The highest BCUT2D eigenvalue weighted by Gasteiger charge is 2.41. The van der Waals surface area contributed by atoms with Crippen LogP contribution in [0.1, 0.15) is 63.1 Å². The van der Waals surface area contributed by atoms with Gasteiger partial charge in [-0.2, -0.15) is 26.3 Å². The molecule has 2 aromatic carbocycles. The van der Waals surface area contributed by atoms with E-state index in [1.165, 1.54) is 12.1 Å². The van der Waals surface area contributed by atoms with Crippen LogP contribution in [-0.4, -0.2) is 22.1 Å². The Bertz CT molecular complexity index is 1530. The minimum Gasteiger partial charge on any atom is -0.510 e. The number of nitrogens with one attached hydrogen (secondary N) is 1. The summed E-state index contributed by atoms with van der Waals surface area (Å²) in [7, 11) is 0.811. The van der Waals surface area contributed by atoms with E-state index >= 15 is 0 Å². The van der Waals surface area contributed by atoms with E-state index in [0.717, 1.165) is 37.4 Å². The number of hydrogen-bond acceptors (Lipinski definition) is 3. The molecule has 1 heterocycles. The molecule has 42 heavy (non-hydrogen) atoms. The summed E-state index contributed by atoms with van der Waals surface area (Å²) < 4.78 is 92.0. The van der Waals surface area contributed by atoms with Crippen molar-refractivity contribution < 1.29 is 40.6 Å². The molecule has 0 atom stereocenters. The van der Waals surface area contributed by atoms with Gasteiger partial charge in [0.25, 0.3) is 11.5 Å². The van der Waals surface area contributed by atoms with Gasteiger partial charge in [0.2, 0.25) is 0 Å². The maximum atomic E-state index is 13.5. The minimum absolute atomic E-state index is 0.00741. The number of hydrogen-bond donors (Lipinski definition) is 2. The Morgan fingerprint density at radius 2 is 1.62 bits per heavy atom. The summed E-state index contributed by atoms with van der Waals surface area (Å²) >= 11 is 0. The second kappa shape index (κ2) is 12.8. The summed E-state index contributed by atoms with van der Waals surface area (Å²) in [5, 5.41) is 12.2. The highest BCUT2D eigenvalue weighted by molar-refractivity contribution is 5.96. The molecule has 0 aliphatic heterocycles. The van der Waals surface area contributed by atoms with E-state index in [2.05, 4.69) is 5.32 Å². The lowest BCUT2D eigenvalue weighted by Gasteiger charge is -2.18. The number of rotatable bonds is 5. The van der Waals surface area contributed by atoms with Crippen LogP contribution in [0.5, 0.6) is 0 Å². The molecule has 226 valence electrons. The van der Waals surface area contributed by atoms with Crippen molar-refractivity contribution in [1.82, 2.24) is 9.88 Å². The number of aromatic nitrogens is 1. The average Bonchev–Trinajstić information content (AvgIpc) is 2.83. The van der Waals surface area contributed by atoms with Gasteiger partial charge in [-0.15, -0.1) is 0 Å². The van der Waals surface area contributed by atoms with E-state index in [9.17, 15) is 45.4 Å². The van der Waals surface area contributed by atoms with Gasteiger partial charge < -0.3 is 15.0 Å². The molecule has 3 aromatic rings. The maximum Gasteiger partial charge on any atom is 0.431 e. The number of pyridine rings is 1. The highest BCUT2D eigenvalue weighted by atomic mass is 19.4. The Hall–Kier alpha value is -4.09. The highest BCUT2D eigenvalue weighted by Crippen LogP contribution is 2.36. The number of carbonyl (C=O) groups excluding carboxylic acids is 1. The smallest absolute Gasteiger partial charge is 0.431 e. The third-order valence-electron chi connectivity index (χ3n) is 6.82. The van der Waals surface area contributed by atoms with Gasteiger partial charge in [0.15, 0.2) is 0 Å². The first kappa shape index (κ1) is 32.4. The van der Waals surface area contributed by atoms with Crippen molar-refractivity contribution in [2.45, 2.75) is 51.9 Å². The van der Waals surface area contributed by atoms with E-state index in [1.54, 1.807) is 44.2 Å². The molecule has 2 N–H and O–H groups in total. The summed E-state index contributed by atoms with van der Waals surface area (Å²) in [5.41, 5.74) is -2.40. The van der Waals surface area contributed by atoms with Crippen molar-refractivity contribution in [3.63, 3.8) is 0 Å². The number of nitrogens with zero attached hydrogens (tertiary/aromatic N) is 1. The first-order valence-electron chi connectivity index (χ1n) is 12.9. The van der Waals surface area contributed by atoms with Crippen molar-refractivity contribution in [2.24, 2.45) is 7.05 Å². The normalized spacial score (nSPS) is 13.1. The van der Waals surface area contributed by atoms with E-state index in [0.29, 0.717) is 11.1 Å². The molecule has 5 nitrogen and oxygen atoms in total. The first-order chi connectivity index (χ1) is 19.5. The van der Waals surface area contributed by atoms with Crippen LogP contribution in [-0.2, 0) is 25.8 Å². The van der Waals surface area contributed by atoms with Gasteiger partial charge in [-0.1, -0.05) is 42.0 Å². The molecule has 0 bridgehead atoms. The molecular weight excluding hydrogens is 569 g/mol. The quantitative estimate of drug-likeness (QED) is 0.242. The molecule has 0 radical (unpaired) electrons. The zero-order valence-corrected chi connectivity index (χ0v) is 23.0. The van der Waals surface area contributed by atoms with Gasteiger partial charge in [-0.05, 0) is 61.9 Å². The Kier molecular flexibility index (Phi) is 9.90. The number of allylic oxidation sites excluding steroid dienone is 1. The van der Waals surface area contributed by atoms with Crippen LogP contribution in [0.4, 0.5) is 30.7 Å². The van der Waals surface area contributed by atoms with Crippen molar-refractivity contribution in [3.05, 3.63) is 115 Å². The minimum atomic E-state index is -5.06. The number of halogens is 7. The van der Waals surface area contributed by atoms with Crippen molar-refractivity contribution in [2.75, 3.05) is 6.54 Å². The molecule has 1 amide bonds. The number of aryl methyl sites for hydroxylation is 2. The van der Waals surface area contributed by atoms with Gasteiger partial charge in [0, 0.05) is 19.0 Å². The van der Waals surface area contributed by atoms with Gasteiger partial charge >= 0.3 is 12.4 Å². The molecule has 12 heteroatoms. The van der Waals surface area contributed by atoms with Crippen molar-refractivity contribution >= 4 is 5.91 Å². The third kappa shape index (κ3) is 7.80. The van der Waals surface area contributed by atoms with E-state index < -0.39 is 52.9 Å². The molecule has 1 saturated carbocycles. The van der Waals surface area contributed by atoms with Crippen LogP contribution >= 0.6 is 0 Å². The van der Waals surface area contributed by atoms with Crippen LogP contribution in [0.15, 0.2) is 64.7 Å². The first-order valence-corrected chi connectivity index (χ1v) is 12.9. The summed E-state index contributed by atoms with van der Waals surface area (Å²) in [6, 6.07) is 10.9. The van der Waals surface area contributed by atoms with Gasteiger partial charge in [-0.25, -0.2) is 4.39 Å². The summed E-state index contributed by atoms with van der Waals surface area (Å²) in [5.74, 6) is -0.816. The van der Waals surface area contributed by atoms with Crippen molar-refractivity contribution in [1.29, 1.82) is 0 Å². The summed E-state index contributed by atoms with van der Waals surface area (Å²) in [4.78, 5) is 24.0. The monoisotopic (exact) mass is 598 g/mol. The molecule has 0 spiro atoms. The molecule has 4 rings (SSSR count). The fourth-order valence-corrected chi connectivity index (χ4v) is 4.41. The molecule has 1 fully saturated rings. The SMILES string of the molecule is Cc1cccc(Cc2c(C(F)(F)F)cc(C(F)(F)F)n(C)c2=O)c1.Cc1cccc(F)c1C(=O)NCC(O)=C1CCC1. The molecular formula is C30H29F7N2O3. The zero-order valence-electron chi connectivity index (χ0n) is 23.0. The number of aliphatic hydroxyl groups excluding tert-OH is 1. The Balaban J connectivity index is 0.000000240. The second-order valence-corrected chi connectivity index (χ2v) is 9.97. The van der Waals surface area contributed by atoms with E-state index in [4.69, 9.17) is 0 Å². The molecule has 0 saturated heterocycles. The van der Waals surface area contributed by atoms with Crippen molar-refractivity contribution in [3.8, 4) is 0 Å². The van der Waals surface area contributed by atoms with Gasteiger partial charge in [0.1, 0.15) is 17.3 Å². The average molecular weight is 599 g/mol. The Morgan fingerprint density at radius 3 is 2.14 bits per heavy atom. The number of benzene rings is 2. The topological polar surface area (TPSA) is 71.3 Å². The van der Waals surface area contributed by atoms with Crippen LogP contribution in [0, 0.1) is 19.7 Å². The zero-order chi connectivity index (χ0) is 31.4. The third-order valence-corrected chi connectivity index (χ3v) is 6.82. The number of amides is 1. The predicted octanol–water partition coefficient (Wildman–Crippen LogP) is 7.18. The maximum absolute atomic E-state index is 13.5. The molecule has 1 aliphatic carbocycles. The fourth-order valence-electron chi connectivity index (χ4n) is 4.41. The number of carbonyl (C=O) groups is 1. The lowest BCUT2D eigenvalue weighted by atomic mass is 9.91. The lowest BCUT2D eigenvalue weighted by Crippen LogP contribution is -2.32. The number of alkyl halides is 6. The largest absolute Gasteiger partial charge is 0.510 e. The Labute approximate surface area is 237 Å². The van der Waals surface area contributed by atoms with Crippen LogP contribution in [0.2, 0.25) is 0 Å². The fraction of sp³-hybridized carbons (Fsp3) is 0.333. The number of aliphatic hydroxyl groups is 1. The van der Waals surface area contributed by atoms with E-state index in [1.807, 2.05) is 0 Å². The van der Waals surface area contributed by atoms with Gasteiger partial charge in [-0.3, -0.25) is 9.59 Å². The van der Waals surface area contributed by atoms with Crippen LogP contribution < -0.4 is 10.9 Å². The molecule has 1 aromatic heterocycles. The van der Waals surface area contributed by atoms with Gasteiger partial charge in [0.05, 0.1) is 17.7 Å². The van der Waals surface area contributed by atoms with Crippen LogP contribution in [0.25, 0.3) is 0 Å². The molecule has 0 unspecified atom stereocenters. The predicted molar refractivity (Wildman–Crippen MR) is 143 cm³/mol. The molecule has 1 aliphatic rings. The second-order valence-electron chi connectivity index (χ2n) is 9.97. The summed E-state index contributed by atoms with van der Waals surface area (Å²) in [6.45, 7) is 3.48. The Morgan fingerprint density at radius 1 is 0.976 bits per heavy atom. The lowest BCUT2D eigenvalue weighted by molar-refractivity contribution is -0.147.